The van der Waals surface area contributed by atoms with E-state index in [9.17, 15) is 5.11 Å². The smallest absolute Gasteiger partial charge is 0.152 e. The van der Waals surface area contributed by atoms with E-state index < -0.39 is 0 Å². The molecule has 2 heterocycles. The van der Waals surface area contributed by atoms with Gasteiger partial charge in [0.2, 0.25) is 0 Å². The normalized spacial score (nSPS) is 17.9. The number of imidazole rings is 1. The molecule has 3 rings (SSSR count). The first-order valence-electron chi connectivity index (χ1n) is 8.17. The Morgan fingerprint density at radius 3 is 2.86 bits per heavy atom. The molecule has 5 heteroatoms. The molecule has 0 aromatic carbocycles. The molecule has 0 atom stereocenters. The zero-order valence-electron chi connectivity index (χ0n) is 12.9. The van der Waals surface area contributed by atoms with Gasteiger partial charge in [-0.3, -0.25) is 0 Å². The molecule has 2 aromatic heterocycles. The number of nitrogens with zero attached hydrogens (tertiary/aromatic N) is 2. The molecule has 0 amide bonds. The predicted molar refractivity (Wildman–Crippen MR) is 89.1 cm³/mol. The number of pyridine rings is 1. The maximum Gasteiger partial charge on any atom is 0.152 e. The largest absolute Gasteiger partial charge is 0.396 e. The van der Waals surface area contributed by atoms with Crippen molar-refractivity contribution in [2.75, 3.05) is 13.2 Å². The number of aromatic nitrogens is 2. The summed E-state index contributed by atoms with van der Waals surface area (Å²) in [4.78, 5) is 4.38. The molecule has 1 fully saturated rings. The molecule has 0 radical (unpaired) electrons. The Morgan fingerprint density at radius 1 is 1.27 bits per heavy atom. The summed E-state index contributed by atoms with van der Waals surface area (Å²) in [6, 6.07) is 5.92. The summed E-state index contributed by atoms with van der Waals surface area (Å²) in [6.07, 6.45) is 9.18. The molecule has 1 aliphatic rings. The molecule has 2 N–H and O–H groups in total. The van der Waals surface area contributed by atoms with Crippen molar-refractivity contribution < 1.29 is 5.11 Å². The summed E-state index contributed by atoms with van der Waals surface area (Å²) >= 11 is 6.27. The third-order valence-electron chi connectivity index (χ3n) is 4.93. The Morgan fingerprint density at radius 2 is 2.09 bits per heavy atom. The number of aliphatic hydroxyl groups excluding tert-OH is 1. The minimum Gasteiger partial charge on any atom is -0.396 e. The van der Waals surface area contributed by atoms with Gasteiger partial charge in [0.1, 0.15) is 5.65 Å². The van der Waals surface area contributed by atoms with Crippen molar-refractivity contribution in [3.05, 3.63) is 35.2 Å². The van der Waals surface area contributed by atoms with Crippen LogP contribution in [0.5, 0.6) is 0 Å². The third kappa shape index (κ3) is 3.29. The zero-order chi connectivity index (χ0) is 15.4. The standard InChI is InChI=1S/C17H24ClN3O/c18-16-14(21-10-5-2-6-15(21)20-16)12-19-13-17(9-11-22)7-3-1-4-8-17/h2,5-6,10,19,22H,1,3-4,7-9,11-13H2. The molecule has 0 bridgehead atoms. The first kappa shape index (κ1) is 15.8. The minimum atomic E-state index is 0.250. The topological polar surface area (TPSA) is 49.6 Å². The Labute approximate surface area is 136 Å². The number of aliphatic hydroxyl groups is 1. The Balaban J connectivity index is 1.67. The van der Waals surface area contributed by atoms with Crippen LogP contribution in [0.2, 0.25) is 5.15 Å². The summed E-state index contributed by atoms with van der Waals surface area (Å²) in [5, 5.41) is 13.5. The van der Waals surface area contributed by atoms with E-state index in [2.05, 4.69) is 10.3 Å². The minimum absolute atomic E-state index is 0.250. The van der Waals surface area contributed by atoms with E-state index in [0.717, 1.165) is 24.3 Å². The Bertz CT molecular complexity index is 614. The van der Waals surface area contributed by atoms with Crippen molar-refractivity contribution in [2.45, 2.75) is 45.1 Å². The van der Waals surface area contributed by atoms with Crippen LogP contribution in [-0.4, -0.2) is 27.6 Å². The number of hydrogen-bond acceptors (Lipinski definition) is 3. The molecule has 2 aromatic rings. The molecule has 0 saturated heterocycles. The van der Waals surface area contributed by atoms with Crippen LogP contribution in [0.15, 0.2) is 24.4 Å². The van der Waals surface area contributed by atoms with Crippen molar-refractivity contribution in [3.8, 4) is 0 Å². The van der Waals surface area contributed by atoms with Crippen molar-refractivity contribution in [1.82, 2.24) is 14.7 Å². The van der Waals surface area contributed by atoms with Crippen molar-refractivity contribution in [3.63, 3.8) is 0 Å². The average Bonchev–Trinajstić information content (AvgIpc) is 2.85. The Kier molecular flexibility index (Phi) is 5.01. The highest BCUT2D eigenvalue weighted by molar-refractivity contribution is 6.30. The summed E-state index contributed by atoms with van der Waals surface area (Å²) < 4.78 is 2.04. The molecule has 0 unspecified atom stereocenters. The second-order valence-corrected chi connectivity index (χ2v) is 6.77. The first-order chi connectivity index (χ1) is 10.7. The van der Waals surface area contributed by atoms with Crippen LogP contribution < -0.4 is 5.32 Å². The lowest BCUT2D eigenvalue weighted by molar-refractivity contribution is 0.126. The fraction of sp³-hybridized carbons (Fsp3) is 0.588. The first-order valence-corrected chi connectivity index (χ1v) is 8.55. The number of nitrogens with one attached hydrogen (secondary N) is 1. The number of rotatable bonds is 6. The molecular formula is C17H24ClN3O. The fourth-order valence-electron chi connectivity index (χ4n) is 3.68. The lowest BCUT2D eigenvalue weighted by Crippen LogP contribution is -2.37. The van der Waals surface area contributed by atoms with Crippen molar-refractivity contribution in [2.24, 2.45) is 5.41 Å². The van der Waals surface area contributed by atoms with Crippen LogP contribution in [0.4, 0.5) is 0 Å². The van der Waals surface area contributed by atoms with Gasteiger partial charge in [-0.05, 0) is 36.8 Å². The van der Waals surface area contributed by atoms with Crippen LogP contribution in [0.1, 0.15) is 44.2 Å². The van der Waals surface area contributed by atoms with E-state index in [1.807, 2.05) is 28.8 Å². The fourth-order valence-corrected chi connectivity index (χ4v) is 3.92. The number of fused-ring (bicyclic) bond motifs is 1. The summed E-state index contributed by atoms with van der Waals surface area (Å²) in [7, 11) is 0. The highest BCUT2D eigenvalue weighted by Crippen LogP contribution is 2.38. The molecular weight excluding hydrogens is 298 g/mol. The molecule has 4 nitrogen and oxygen atoms in total. The predicted octanol–water partition coefficient (Wildman–Crippen LogP) is 3.41. The van der Waals surface area contributed by atoms with E-state index in [-0.39, 0.29) is 12.0 Å². The van der Waals surface area contributed by atoms with E-state index in [4.69, 9.17) is 11.6 Å². The van der Waals surface area contributed by atoms with Crippen LogP contribution in [-0.2, 0) is 6.54 Å². The van der Waals surface area contributed by atoms with Crippen molar-refractivity contribution in [1.29, 1.82) is 0 Å². The van der Waals surface area contributed by atoms with Gasteiger partial charge in [-0.1, -0.05) is 36.9 Å². The molecule has 1 aliphatic carbocycles. The van der Waals surface area contributed by atoms with Gasteiger partial charge in [-0.2, -0.15) is 0 Å². The maximum atomic E-state index is 9.39. The van der Waals surface area contributed by atoms with E-state index in [1.54, 1.807) is 0 Å². The van der Waals surface area contributed by atoms with Gasteiger partial charge < -0.3 is 14.8 Å². The second kappa shape index (κ2) is 6.99. The SMILES string of the molecule is OCCC1(CNCc2c(Cl)nc3ccccn23)CCCCC1. The van der Waals surface area contributed by atoms with E-state index >= 15 is 0 Å². The van der Waals surface area contributed by atoms with Crippen LogP contribution in [0, 0.1) is 5.41 Å². The molecule has 1 saturated carbocycles. The van der Waals surface area contributed by atoms with Gasteiger partial charge in [0.25, 0.3) is 0 Å². The maximum absolute atomic E-state index is 9.39. The second-order valence-electron chi connectivity index (χ2n) is 6.42. The molecule has 120 valence electrons. The van der Waals surface area contributed by atoms with Gasteiger partial charge >= 0.3 is 0 Å². The third-order valence-corrected chi connectivity index (χ3v) is 5.23. The van der Waals surface area contributed by atoms with E-state index in [0.29, 0.717) is 11.7 Å². The summed E-state index contributed by atoms with van der Waals surface area (Å²) in [5.74, 6) is 0. The zero-order valence-corrected chi connectivity index (χ0v) is 13.6. The van der Waals surface area contributed by atoms with Crippen molar-refractivity contribution >= 4 is 17.2 Å². The van der Waals surface area contributed by atoms with Crippen LogP contribution >= 0.6 is 11.6 Å². The summed E-state index contributed by atoms with van der Waals surface area (Å²) in [5.41, 5.74) is 2.14. The lowest BCUT2D eigenvalue weighted by atomic mass is 9.72. The van der Waals surface area contributed by atoms with E-state index in [1.165, 1.54) is 32.1 Å². The molecule has 22 heavy (non-hydrogen) atoms. The average molecular weight is 322 g/mol. The number of hydrogen-bond donors (Lipinski definition) is 2. The Hall–Kier alpha value is -1.10. The lowest BCUT2D eigenvalue weighted by Gasteiger charge is -2.37. The van der Waals surface area contributed by atoms with Gasteiger partial charge in [0.15, 0.2) is 5.15 Å². The molecule has 0 aliphatic heterocycles. The number of halogens is 1. The highest BCUT2D eigenvalue weighted by atomic mass is 35.5. The van der Waals surface area contributed by atoms with Crippen LogP contribution in [0.3, 0.4) is 0 Å². The van der Waals surface area contributed by atoms with Gasteiger partial charge in [-0.15, -0.1) is 0 Å². The van der Waals surface area contributed by atoms with Gasteiger partial charge in [0, 0.05) is 25.9 Å². The van der Waals surface area contributed by atoms with Gasteiger partial charge in [0.05, 0.1) is 5.69 Å². The quantitative estimate of drug-likeness (QED) is 0.857. The summed E-state index contributed by atoms with van der Waals surface area (Å²) in [6.45, 7) is 1.92. The monoisotopic (exact) mass is 321 g/mol. The highest BCUT2D eigenvalue weighted by Gasteiger charge is 2.31. The van der Waals surface area contributed by atoms with Crippen LogP contribution in [0.25, 0.3) is 5.65 Å². The molecule has 0 spiro atoms. The van der Waals surface area contributed by atoms with Gasteiger partial charge in [-0.25, -0.2) is 4.98 Å².